The standard InChI is InChI=1S/C4H4O4.C3H4O2.C2H4.HO3P/c5-3(6)1-2-4(7)8;1-2-3(4)5;1-2;1-4(2)3/h1-2H,(H,5,6)(H,7,8);2H,1H2,(H,4,5);1-2H2;(H-,1,2,3)/p+1. The van der Waals surface area contributed by atoms with Crippen molar-refractivity contribution in [1.82, 2.24) is 0 Å². The summed E-state index contributed by atoms with van der Waals surface area (Å²) >= 11 is 0. The zero-order chi connectivity index (χ0) is 16.4. The zero-order valence-corrected chi connectivity index (χ0v) is 10.6. The number of carbonyl (C=O) groups is 3. The highest BCUT2D eigenvalue weighted by Gasteiger charge is 1.93. The van der Waals surface area contributed by atoms with Crippen LogP contribution in [0.15, 0.2) is 38.0 Å². The van der Waals surface area contributed by atoms with Crippen LogP contribution in [0.1, 0.15) is 0 Å². The molecule has 0 aliphatic heterocycles. The molecule has 0 saturated carbocycles. The zero-order valence-electron chi connectivity index (χ0n) is 9.67. The third-order valence-electron chi connectivity index (χ3n) is 0.543. The lowest BCUT2D eigenvalue weighted by Gasteiger charge is -1.74. The Balaban J connectivity index is -0.0000000886. The average molecular weight is 297 g/mol. The van der Waals surface area contributed by atoms with Gasteiger partial charge in [0.15, 0.2) is 0 Å². The van der Waals surface area contributed by atoms with Gasteiger partial charge < -0.3 is 15.3 Å². The summed E-state index contributed by atoms with van der Waals surface area (Å²) in [5.74, 6) is -3.50. The SMILES string of the molecule is C=C.C=CC(=O)O.O=C(O)C=CC(=O)O.O=[P+](O)O. The van der Waals surface area contributed by atoms with Crippen LogP contribution in [0.2, 0.25) is 0 Å². The molecule has 0 aromatic rings. The minimum absolute atomic E-state index is 0.558. The van der Waals surface area contributed by atoms with Crippen molar-refractivity contribution in [3.05, 3.63) is 38.0 Å². The molecule has 19 heavy (non-hydrogen) atoms. The summed E-state index contributed by atoms with van der Waals surface area (Å²) < 4.78 is 8.70. The normalized spacial score (nSPS) is 7.26. The molecule has 0 rings (SSSR count). The van der Waals surface area contributed by atoms with E-state index < -0.39 is 26.2 Å². The molecular weight excluding hydrogens is 283 g/mol. The van der Waals surface area contributed by atoms with E-state index in [1.807, 2.05) is 0 Å². The first-order chi connectivity index (χ1) is 8.63. The molecule has 0 atom stereocenters. The van der Waals surface area contributed by atoms with Crippen LogP contribution in [0.3, 0.4) is 0 Å². The van der Waals surface area contributed by atoms with Gasteiger partial charge in [-0.05, 0) is 0 Å². The number of rotatable bonds is 3. The highest BCUT2D eigenvalue weighted by atomic mass is 31.1. The van der Waals surface area contributed by atoms with E-state index in [1.54, 1.807) is 0 Å². The van der Waals surface area contributed by atoms with Crippen molar-refractivity contribution in [2.24, 2.45) is 0 Å². The third kappa shape index (κ3) is 135. The Morgan fingerprint density at radius 3 is 1.05 bits per heavy atom. The molecular formula is C9H14O9P+. The van der Waals surface area contributed by atoms with Crippen LogP contribution in [0.5, 0.6) is 0 Å². The Morgan fingerprint density at radius 1 is 0.842 bits per heavy atom. The maximum Gasteiger partial charge on any atom is 0.692 e. The summed E-state index contributed by atoms with van der Waals surface area (Å²) in [6, 6.07) is 0. The maximum absolute atomic E-state index is 9.55. The molecule has 0 heterocycles. The molecule has 10 heteroatoms. The first kappa shape index (κ1) is 25.5. The Kier molecular flexibility index (Phi) is 28.2. The van der Waals surface area contributed by atoms with E-state index in [0.717, 1.165) is 6.08 Å². The van der Waals surface area contributed by atoms with Crippen molar-refractivity contribution in [3.8, 4) is 0 Å². The second-order valence-corrected chi connectivity index (χ2v) is 2.31. The van der Waals surface area contributed by atoms with Gasteiger partial charge in [-0.15, -0.1) is 22.9 Å². The predicted molar refractivity (Wildman–Crippen MR) is 65.5 cm³/mol. The van der Waals surface area contributed by atoms with Gasteiger partial charge in [-0.1, -0.05) is 6.58 Å². The van der Waals surface area contributed by atoms with Gasteiger partial charge in [0.05, 0.1) is 0 Å². The van der Waals surface area contributed by atoms with Gasteiger partial charge in [-0.3, -0.25) is 0 Å². The number of hydrogen-bond donors (Lipinski definition) is 5. The topological polar surface area (TPSA) is 169 Å². The summed E-state index contributed by atoms with van der Waals surface area (Å²) in [5, 5.41) is 23.2. The smallest absolute Gasteiger partial charge is 0.478 e. The van der Waals surface area contributed by atoms with Gasteiger partial charge in [-0.25, -0.2) is 14.4 Å². The van der Waals surface area contributed by atoms with Crippen LogP contribution in [0.25, 0.3) is 0 Å². The van der Waals surface area contributed by atoms with Crippen molar-refractivity contribution in [3.63, 3.8) is 0 Å². The molecule has 0 aliphatic carbocycles. The summed E-state index contributed by atoms with van der Waals surface area (Å²) in [4.78, 5) is 42.6. The van der Waals surface area contributed by atoms with Crippen molar-refractivity contribution in [2.45, 2.75) is 0 Å². The van der Waals surface area contributed by atoms with E-state index in [-0.39, 0.29) is 0 Å². The molecule has 0 amide bonds. The first-order valence-electron chi connectivity index (χ1n) is 3.97. The summed E-state index contributed by atoms with van der Waals surface area (Å²) in [6.45, 7) is 8.96. The third-order valence-corrected chi connectivity index (χ3v) is 0.543. The van der Waals surface area contributed by atoms with E-state index in [4.69, 9.17) is 29.7 Å². The highest BCUT2D eigenvalue weighted by molar-refractivity contribution is 7.30. The molecule has 108 valence electrons. The lowest BCUT2D eigenvalue weighted by Crippen LogP contribution is -1.91. The Bertz CT molecular complexity index is 315. The number of hydrogen-bond acceptors (Lipinski definition) is 4. The van der Waals surface area contributed by atoms with Gasteiger partial charge in [0.2, 0.25) is 0 Å². The minimum Gasteiger partial charge on any atom is -0.478 e. The van der Waals surface area contributed by atoms with Crippen molar-refractivity contribution >= 4 is 26.2 Å². The van der Waals surface area contributed by atoms with Crippen LogP contribution in [0.4, 0.5) is 0 Å². The largest absolute Gasteiger partial charge is 0.692 e. The van der Waals surface area contributed by atoms with Crippen LogP contribution in [0, 0.1) is 0 Å². The molecule has 0 fully saturated rings. The minimum atomic E-state index is -2.87. The van der Waals surface area contributed by atoms with Crippen LogP contribution >= 0.6 is 8.25 Å². The predicted octanol–water partition coefficient (Wildman–Crippen LogP) is 0.399. The van der Waals surface area contributed by atoms with E-state index in [1.165, 1.54) is 0 Å². The van der Waals surface area contributed by atoms with Crippen molar-refractivity contribution in [2.75, 3.05) is 0 Å². The molecule has 0 radical (unpaired) electrons. The van der Waals surface area contributed by atoms with Gasteiger partial charge in [0.1, 0.15) is 0 Å². The molecule has 0 aromatic carbocycles. The molecule has 5 N–H and O–H groups in total. The molecule has 0 aliphatic rings. The number of carboxylic acids is 3. The number of carboxylic acid groups (broad SMARTS) is 3. The molecule has 9 nitrogen and oxygen atoms in total. The van der Waals surface area contributed by atoms with Crippen molar-refractivity contribution < 1.29 is 44.1 Å². The summed E-state index contributed by atoms with van der Waals surface area (Å²) in [5.41, 5.74) is 0. The highest BCUT2D eigenvalue weighted by Crippen LogP contribution is 1.98. The second-order valence-electron chi connectivity index (χ2n) is 1.80. The Labute approximate surface area is 109 Å². The molecule has 0 aromatic heterocycles. The van der Waals surface area contributed by atoms with Gasteiger partial charge >= 0.3 is 26.2 Å². The van der Waals surface area contributed by atoms with E-state index in [0.29, 0.717) is 12.2 Å². The van der Waals surface area contributed by atoms with Crippen LogP contribution in [-0.4, -0.2) is 43.0 Å². The van der Waals surface area contributed by atoms with Gasteiger partial charge in [0.25, 0.3) is 0 Å². The lowest BCUT2D eigenvalue weighted by molar-refractivity contribution is -0.134. The summed E-state index contributed by atoms with van der Waals surface area (Å²) in [6.07, 6.45) is 1.95. The Morgan fingerprint density at radius 2 is 1.00 bits per heavy atom. The fourth-order valence-electron chi connectivity index (χ4n) is 0.143. The molecule has 0 saturated heterocycles. The second kappa shape index (κ2) is 21.0. The summed E-state index contributed by atoms with van der Waals surface area (Å²) in [7, 11) is -2.87. The monoisotopic (exact) mass is 297 g/mol. The molecule has 0 bridgehead atoms. The molecule has 0 spiro atoms. The van der Waals surface area contributed by atoms with Gasteiger partial charge in [0, 0.05) is 22.8 Å². The fraction of sp³-hybridized carbons (Fsp3) is 0. The fourth-order valence-corrected chi connectivity index (χ4v) is 0.143. The lowest BCUT2D eigenvalue weighted by atomic mass is 10.5. The average Bonchev–Trinajstić information content (AvgIpc) is 2.29. The van der Waals surface area contributed by atoms with Crippen LogP contribution < -0.4 is 0 Å². The number of aliphatic carboxylic acids is 3. The maximum atomic E-state index is 9.55. The first-order valence-corrected chi connectivity index (χ1v) is 5.14. The molecule has 0 unspecified atom stereocenters. The Hall–Kier alpha value is -2.35. The van der Waals surface area contributed by atoms with Crippen molar-refractivity contribution in [1.29, 1.82) is 0 Å². The van der Waals surface area contributed by atoms with Crippen LogP contribution in [-0.2, 0) is 18.9 Å². The van der Waals surface area contributed by atoms with E-state index in [2.05, 4.69) is 19.7 Å². The quantitative estimate of drug-likeness (QED) is 0.281. The van der Waals surface area contributed by atoms with E-state index >= 15 is 0 Å². The van der Waals surface area contributed by atoms with Gasteiger partial charge in [-0.2, -0.15) is 0 Å². The van der Waals surface area contributed by atoms with E-state index in [9.17, 15) is 14.4 Å².